The van der Waals surface area contributed by atoms with Gasteiger partial charge in [-0.15, -0.1) is 0 Å². The van der Waals surface area contributed by atoms with Gasteiger partial charge in [0.25, 0.3) is 0 Å². The maximum absolute atomic E-state index is 11.3. The number of aliphatic hydroxyl groups excluding tert-OH is 2. The number of esters is 2. The highest BCUT2D eigenvalue weighted by atomic mass is 16.5. The summed E-state index contributed by atoms with van der Waals surface area (Å²) < 4.78 is 9.90. The molecule has 0 spiro atoms. The van der Waals surface area contributed by atoms with E-state index in [0.29, 0.717) is 12.8 Å². The largest absolute Gasteiger partial charge is 0.465 e. The Kier molecular flexibility index (Phi) is 11.0. The summed E-state index contributed by atoms with van der Waals surface area (Å²) in [4.78, 5) is 22.6. The maximum atomic E-state index is 11.3. The Hall–Kier alpha value is -1.14. The second kappa shape index (κ2) is 11.7. The average molecular weight is 290 g/mol. The van der Waals surface area contributed by atoms with Gasteiger partial charge in [-0.1, -0.05) is 13.8 Å². The highest BCUT2D eigenvalue weighted by Gasteiger charge is 2.09. The number of ether oxygens (including phenoxy) is 2. The lowest BCUT2D eigenvalue weighted by Gasteiger charge is -2.09. The van der Waals surface area contributed by atoms with Gasteiger partial charge in [-0.2, -0.15) is 0 Å². The zero-order valence-corrected chi connectivity index (χ0v) is 12.3. The molecule has 0 aliphatic heterocycles. The Morgan fingerprint density at radius 2 is 1.20 bits per heavy atom. The molecule has 0 aromatic heterocycles. The fourth-order valence-corrected chi connectivity index (χ4v) is 1.26. The van der Waals surface area contributed by atoms with Gasteiger partial charge in [-0.05, 0) is 12.8 Å². The molecule has 0 aromatic rings. The van der Waals surface area contributed by atoms with Crippen molar-refractivity contribution in [2.24, 2.45) is 11.8 Å². The van der Waals surface area contributed by atoms with Crippen LogP contribution in [0.25, 0.3) is 0 Å². The molecule has 0 aliphatic carbocycles. The molecule has 6 nitrogen and oxygen atoms in total. The van der Waals surface area contributed by atoms with Crippen LogP contribution in [0.2, 0.25) is 0 Å². The minimum absolute atomic E-state index is 0.00855. The molecule has 0 fully saturated rings. The first-order valence-electron chi connectivity index (χ1n) is 7.02. The van der Waals surface area contributed by atoms with Crippen LogP contribution in [-0.2, 0) is 19.1 Å². The van der Waals surface area contributed by atoms with Crippen molar-refractivity contribution in [3.05, 3.63) is 0 Å². The molecular formula is C14H26O6. The van der Waals surface area contributed by atoms with Crippen LogP contribution in [0.4, 0.5) is 0 Å². The van der Waals surface area contributed by atoms with Gasteiger partial charge in [0, 0.05) is 37.9 Å². The highest BCUT2D eigenvalue weighted by molar-refractivity contribution is 5.70. The molecule has 0 saturated heterocycles. The molecule has 20 heavy (non-hydrogen) atoms. The Morgan fingerprint density at radius 1 is 0.850 bits per heavy atom. The second-order valence-electron chi connectivity index (χ2n) is 5.15. The van der Waals surface area contributed by atoms with E-state index in [9.17, 15) is 9.59 Å². The van der Waals surface area contributed by atoms with Gasteiger partial charge in [0.05, 0.1) is 13.2 Å². The van der Waals surface area contributed by atoms with E-state index >= 15 is 0 Å². The lowest BCUT2D eigenvalue weighted by molar-refractivity contribution is -0.147. The van der Waals surface area contributed by atoms with Gasteiger partial charge in [0.15, 0.2) is 0 Å². The van der Waals surface area contributed by atoms with Crippen molar-refractivity contribution < 1.29 is 29.3 Å². The first kappa shape index (κ1) is 18.9. The molecule has 0 bridgehead atoms. The normalized spacial score (nSPS) is 13.6. The minimum Gasteiger partial charge on any atom is -0.465 e. The van der Waals surface area contributed by atoms with Gasteiger partial charge < -0.3 is 19.7 Å². The number of unbranched alkanes of at least 4 members (excludes halogenated alkanes) is 1. The minimum atomic E-state index is -0.312. The molecule has 0 amide bonds. The van der Waals surface area contributed by atoms with Crippen LogP contribution in [0.15, 0.2) is 0 Å². The van der Waals surface area contributed by atoms with E-state index in [0.717, 1.165) is 0 Å². The first-order chi connectivity index (χ1) is 9.49. The summed E-state index contributed by atoms with van der Waals surface area (Å²) in [6, 6.07) is 0. The second-order valence-corrected chi connectivity index (χ2v) is 5.15. The van der Waals surface area contributed by atoms with E-state index in [1.54, 1.807) is 13.8 Å². The van der Waals surface area contributed by atoms with Crippen molar-refractivity contribution in [2.75, 3.05) is 26.4 Å². The molecule has 6 heteroatoms. The van der Waals surface area contributed by atoms with Gasteiger partial charge >= 0.3 is 11.9 Å². The predicted molar refractivity (Wildman–Crippen MR) is 72.9 cm³/mol. The molecular weight excluding hydrogens is 264 g/mol. The van der Waals surface area contributed by atoms with Crippen LogP contribution >= 0.6 is 0 Å². The molecule has 0 saturated carbocycles. The monoisotopic (exact) mass is 290 g/mol. The zero-order chi connectivity index (χ0) is 15.4. The van der Waals surface area contributed by atoms with Crippen LogP contribution in [-0.4, -0.2) is 48.6 Å². The van der Waals surface area contributed by atoms with Gasteiger partial charge in [-0.25, -0.2) is 0 Å². The fraction of sp³-hybridized carbons (Fsp3) is 0.857. The van der Waals surface area contributed by atoms with Crippen LogP contribution in [0.1, 0.15) is 39.5 Å². The van der Waals surface area contributed by atoms with Gasteiger partial charge in [0.1, 0.15) is 0 Å². The summed E-state index contributed by atoms with van der Waals surface area (Å²) in [5.41, 5.74) is 0. The van der Waals surface area contributed by atoms with Crippen molar-refractivity contribution >= 4 is 11.9 Å². The molecule has 118 valence electrons. The summed E-state index contributed by atoms with van der Waals surface area (Å²) in [6.45, 7) is 4.00. The van der Waals surface area contributed by atoms with E-state index < -0.39 is 0 Å². The SMILES string of the molecule is CC(CO)COC(=O)CCCCC(=O)OCC(C)CO. The third-order valence-corrected chi connectivity index (χ3v) is 2.69. The molecule has 0 rings (SSSR count). The van der Waals surface area contributed by atoms with E-state index in [4.69, 9.17) is 19.7 Å². The summed E-state index contributed by atoms with van der Waals surface area (Å²) in [6.07, 6.45) is 1.66. The van der Waals surface area contributed by atoms with E-state index in [2.05, 4.69) is 0 Å². The summed E-state index contributed by atoms with van der Waals surface area (Å²) >= 11 is 0. The van der Waals surface area contributed by atoms with Crippen molar-refractivity contribution in [3.63, 3.8) is 0 Å². The van der Waals surface area contributed by atoms with E-state index in [1.807, 2.05) is 0 Å². The molecule has 0 aliphatic rings. The number of hydrogen-bond donors (Lipinski definition) is 2. The fourth-order valence-electron chi connectivity index (χ4n) is 1.26. The summed E-state index contributed by atoms with van der Waals surface area (Å²) in [5.74, 6) is -0.731. The van der Waals surface area contributed by atoms with Crippen molar-refractivity contribution in [2.45, 2.75) is 39.5 Å². The van der Waals surface area contributed by atoms with Crippen LogP contribution in [0, 0.1) is 11.8 Å². The lowest BCUT2D eigenvalue weighted by Crippen LogP contribution is -2.15. The van der Waals surface area contributed by atoms with E-state index in [-0.39, 0.29) is 63.0 Å². The predicted octanol–water partition coefficient (Wildman–Crippen LogP) is 0.890. The van der Waals surface area contributed by atoms with Crippen molar-refractivity contribution in [1.82, 2.24) is 0 Å². The van der Waals surface area contributed by atoms with Crippen LogP contribution < -0.4 is 0 Å². The highest BCUT2D eigenvalue weighted by Crippen LogP contribution is 2.05. The average Bonchev–Trinajstić information content (AvgIpc) is 2.46. The maximum Gasteiger partial charge on any atom is 0.305 e. The number of hydrogen-bond acceptors (Lipinski definition) is 6. The smallest absolute Gasteiger partial charge is 0.305 e. The molecule has 2 unspecified atom stereocenters. The Morgan fingerprint density at radius 3 is 1.50 bits per heavy atom. The van der Waals surface area contributed by atoms with Crippen molar-refractivity contribution in [3.8, 4) is 0 Å². The van der Waals surface area contributed by atoms with E-state index in [1.165, 1.54) is 0 Å². The molecule has 0 aromatic carbocycles. The number of carbonyl (C=O) groups excluding carboxylic acids is 2. The topological polar surface area (TPSA) is 93.1 Å². The zero-order valence-electron chi connectivity index (χ0n) is 12.3. The molecule has 2 N–H and O–H groups in total. The van der Waals surface area contributed by atoms with Crippen LogP contribution in [0.3, 0.4) is 0 Å². The lowest BCUT2D eigenvalue weighted by atomic mass is 10.2. The third kappa shape index (κ3) is 10.8. The number of rotatable bonds is 11. The Balaban J connectivity index is 3.51. The standard InChI is InChI=1S/C14H26O6/c1-11(7-15)9-19-13(17)5-3-4-6-14(18)20-10-12(2)8-16/h11-12,15-16H,3-10H2,1-2H3. The Bertz CT molecular complexity index is 251. The number of carbonyl (C=O) groups is 2. The quantitative estimate of drug-likeness (QED) is 0.433. The molecule has 2 atom stereocenters. The van der Waals surface area contributed by atoms with Crippen LogP contribution in [0.5, 0.6) is 0 Å². The van der Waals surface area contributed by atoms with Gasteiger partial charge in [0.2, 0.25) is 0 Å². The summed E-state index contributed by atoms with van der Waals surface area (Å²) in [5, 5.41) is 17.5. The molecule has 0 radical (unpaired) electrons. The summed E-state index contributed by atoms with van der Waals surface area (Å²) in [7, 11) is 0. The van der Waals surface area contributed by atoms with Gasteiger partial charge in [-0.3, -0.25) is 9.59 Å². The Labute approximate surface area is 120 Å². The third-order valence-electron chi connectivity index (χ3n) is 2.69. The van der Waals surface area contributed by atoms with Crippen molar-refractivity contribution in [1.29, 1.82) is 0 Å². The molecule has 0 heterocycles. The number of aliphatic hydroxyl groups is 2. The first-order valence-corrected chi connectivity index (χ1v) is 7.02.